The van der Waals surface area contributed by atoms with Crippen LogP contribution >= 0.6 is 11.6 Å². The van der Waals surface area contributed by atoms with Crippen molar-refractivity contribution in [3.8, 4) is 5.75 Å². The quantitative estimate of drug-likeness (QED) is 0.245. The summed E-state index contributed by atoms with van der Waals surface area (Å²) in [4.78, 5) is 34.9. The maximum absolute atomic E-state index is 15.0. The van der Waals surface area contributed by atoms with Crippen molar-refractivity contribution in [1.29, 1.82) is 0 Å². The van der Waals surface area contributed by atoms with Gasteiger partial charge in [0.1, 0.15) is 23.4 Å². The van der Waals surface area contributed by atoms with E-state index in [9.17, 15) is 19.1 Å². The smallest absolute Gasteiger partial charge is 0.302 e. The predicted octanol–water partition coefficient (Wildman–Crippen LogP) is 4.99. The number of H-pyrrole nitrogens is 1. The zero-order valence-corrected chi connectivity index (χ0v) is 18.5. The number of halogens is 2. The summed E-state index contributed by atoms with van der Waals surface area (Å²) in [5.74, 6) is -2.73. The Bertz CT molecular complexity index is 1460. The van der Waals surface area contributed by atoms with Crippen molar-refractivity contribution >= 4 is 46.0 Å². The lowest BCUT2D eigenvalue weighted by Gasteiger charge is -2.23. The van der Waals surface area contributed by atoms with E-state index >= 15 is 0 Å². The van der Waals surface area contributed by atoms with Gasteiger partial charge in [-0.1, -0.05) is 41.9 Å². The molecule has 9 heteroatoms. The van der Waals surface area contributed by atoms with E-state index < -0.39 is 29.3 Å². The molecule has 5 rings (SSSR count). The first-order chi connectivity index (χ1) is 16.4. The number of aromatic amines is 1. The van der Waals surface area contributed by atoms with Gasteiger partial charge in [-0.2, -0.15) is 0 Å². The number of ketones is 1. The molecule has 0 radical (unpaired) electrons. The second kappa shape index (κ2) is 8.31. The van der Waals surface area contributed by atoms with E-state index in [4.69, 9.17) is 16.3 Å². The number of aliphatic hydroxyl groups is 1. The van der Waals surface area contributed by atoms with Crippen LogP contribution in [0.1, 0.15) is 17.2 Å². The van der Waals surface area contributed by atoms with E-state index in [1.165, 1.54) is 43.5 Å². The number of imidazole rings is 1. The van der Waals surface area contributed by atoms with Gasteiger partial charge in [0.15, 0.2) is 0 Å². The molecule has 1 amide bonds. The number of nitrogens with zero attached hydrogens (tertiary/aromatic N) is 2. The Morgan fingerprint density at radius 1 is 1.12 bits per heavy atom. The molecule has 7 nitrogen and oxygen atoms in total. The number of methoxy groups -OCH3 is 1. The molecule has 2 heterocycles. The summed E-state index contributed by atoms with van der Waals surface area (Å²) >= 11 is 6.09. The summed E-state index contributed by atoms with van der Waals surface area (Å²) in [7, 11) is 1.41. The Hall–Kier alpha value is -4.17. The third-order valence-corrected chi connectivity index (χ3v) is 5.99. The van der Waals surface area contributed by atoms with Crippen molar-refractivity contribution in [3.05, 3.63) is 94.3 Å². The van der Waals surface area contributed by atoms with Crippen LogP contribution in [0.25, 0.3) is 16.8 Å². The molecular formula is C25H17ClFN3O4. The molecule has 1 aliphatic heterocycles. The highest BCUT2D eigenvalue weighted by atomic mass is 35.5. The number of hydrogen-bond acceptors (Lipinski definition) is 5. The van der Waals surface area contributed by atoms with Crippen LogP contribution in [0.5, 0.6) is 5.75 Å². The number of aromatic nitrogens is 2. The predicted molar refractivity (Wildman–Crippen MR) is 125 cm³/mol. The minimum Gasteiger partial charge on any atom is -0.507 e. The van der Waals surface area contributed by atoms with Gasteiger partial charge in [0, 0.05) is 11.1 Å². The molecule has 1 saturated heterocycles. The Balaban J connectivity index is 1.75. The fourth-order valence-electron chi connectivity index (χ4n) is 4.06. The minimum absolute atomic E-state index is 0.0321. The monoisotopic (exact) mass is 477 g/mol. The van der Waals surface area contributed by atoms with Crippen molar-refractivity contribution in [1.82, 2.24) is 9.97 Å². The van der Waals surface area contributed by atoms with Crippen LogP contribution in [-0.2, 0) is 9.59 Å². The topological polar surface area (TPSA) is 95.5 Å². The lowest BCUT2D eigenvalue weighted by molar-refractivity contribution is -0.132. The Kier molecular flexibility index (Phi) is 5.30. The number of amides is 1. The third kappa shape index (κ3) is 3.39. The Morgan fingerprint density at radius 3 is 2.59 bits per heavy atom. The summed E-state index contributed by atoms with van der Waals surface area (Å²) in [5, 5.41) is 11.5. The minimum atomic E-state index is -1.26. The van der Waals surface area contributed by atoms with Crippen LogP contribution in [0.3, 0.4) is 0 Å². The van der Waals surface area contributed by atoms with Gasteiger partial charge in [-0.15, -0.1) is 0 Å². The number of para-hydroxylation sites is 2. The first-order valence-corrected chi connectivity index (χ1v) is 10.6. The van der Waals surface area contributed by atoms with Gasteiger partial charge in [-0.25, -0.2) is 9.37 Å². The van der Waals surface area contributed by atoms with Crippen molar-refractivity contribution < 1.29 is 23.8 Å². The zero-order chi connectivity index (χ0) is 24.0. The van der Waals surface area contributed by atoms with E-state index in [-0.39, 0.29) is 28.4 Å². The molecule has 2 N–H and O–H groups in total. The lowest BCUT2D eigenvalue weighted by Crippen LogP contribution is -2.30. The highest BCUT2D eigenvalue weighted by Crippen LogP contribution is 2.43. The standard InChI is InChI=1S/C25H17ClFN3O4/c1-34-19-12-13(10-11-15(19)26)22(31)20-21(14-6-2-3-7-16(14)27)30(24(33)23(20)32)25-28-17-8-4-5-9-18(17)29-25/h2-12,21,31H,1H3,(H,28,29)/b22-20+. The molecular weight excluding hydrogens is 461 g/mol. The molecule has 3 aromatic carbocycles. The molecule has 1 aromatic heterocycles. The van der Waals surface area contributed by atoms with E-state index in [0.29, 0.717) is 16.1 Å². The highest BCUT2D eigenvalue weighted by molar-refractivity contribution is 6.51. The van der Waals surface area contributed by atoms with Crippen molar-refractivity contribution in [3.63, 3.8) is 0 Å². The lowest BCUT2D eigenvalue weighted by atomic mass is 9.95. The fourth-order valence-corrected chi connectivity index (χ4v) is 4.25. The SMILES string of the molecule is COc1cc(/C(O)=C2\C(=O)C(=O)N(c3nc4ccccc4[nH]3)C2c2ccccc2F)ccc1Cl. The van der Waals surface area contributed by atoms with Crippen molar-refractivity contribution in [2.45, 2.75) is 6.04 Å². The molecule has 34 heavy (non-hydrogen) atoms. The molecule has 0 spiro atoms. The van der Waals surface area contributed by atoms with Crippen LogP contribution in [0, 0.1) is 5.82 Å². The van der Waals surface area contributed by atoms with Gasteiger partial charge in [0.25, 0.3) is 5.78 Å². The van der Waals surface area contributed by atoms with Crippen LogP contribution in [0.4, 0.5) is 10.3 Å². The Morgan fingerprint density at radius 2 is 1.85 bits per heavy atom. The molecule has 1 atom stereocenters. The van der Waals surface area contributed by atoms with Gasteiger partial charge in [0.2, 0.25) is 5.95 Å². The number of anilines is 1. The summed E-state index contributed by atoms with van der Waals surface area (Å²) in [6.07, 6.45) is 0. The van der Waals surface area contributed by atoms with E-state index in [0.717, 1.165) is 4.90 Å². The molecule has 1 aliphatic rings. The highest BCUT2D eigenvalue weighted by Gasteiger charge is 2.49. The molecule has 1 unspecified atom stereocenters. The second-order valence-electron chi connectivity index (χ2n) is 7.62. The van der Waals surface area contributed by atoms with Crippen LogP contribution < -0.4 is 9.64 Å². The average Bonchev–Trinajstić information content (AvgIpc) is 3.38. The van der Waals surface area contributed by atoms with E-state index in [1.807, 2.05) is 0 Å². The van der Waals surface area contributed by atoms with Gasteiger partial charge in [-0.05, 0) is 36.4 Å². The number of nitrogens with one attached hydrogen (secondary N) is 1. The second-order valence-corrected chi connectivity index (χ2v) is 8.02. The van der Waals surface area contributed by atoms with E-state index in [1.54, 1.807) is 30.3 Å². The largest absolute Gasteiger partial charge is 0.507 e. The number of rotatable bonds is 4. The maximum Gasteiger partial charge on any atom is 0.302 e. The number of ether oxygens (including phenoxy) is 1. The van der Waals surface area contributed by atoms with Gasteiger partial charge >= 0.3 is 5.91 Å². The number of aliphatic hydroxyl groups excluding tert-OH is 1. The van der Waals surface area contributed by atoms with Crippen molar-refractivity contribution in [2.75, 3.05) is 12.0 Å². The fraction of sp³-hybridized carbons (Fsp3) is 0.0800. The number of carbonyl (C=O) groups excluding carboxylic acids is 2. The van der Waals surface area contributed by atoms with Gasteiger partial charge < -0.3 is 14.8 Å². The van der Waals surface area contributed by atoms with Crippen LogP contribution in [0.15, 0.2) is 72.3 Å². The normalized spacial score (nSPS) is 17.5. The summed E-state index contributed by atoms with van der Waals surface area (Å²) in [6, 6.07) is 16.0. The zero-order valence-electron chi connectivity index (χ0n) is 17.8. The molecule has 0 saturated carbocycles. The molecule has 0 aliphatic carbocycles. The van der Waals surface area contributed by atoms with Crippen LogP contribution in [-0.4, -0.2) is 33.9 Å². The van der Waals surface area contributed by atoms with Crippen LogP contribution in [0.2, 0.25) is 5.02 Å². The maximum atomic E-state index is 15.0. The molecule has 0 bridgehead atoms. The number of hydrogen-bond donors (Lipinski definition) is 2. The number of carbonyl (C=O) groups is 2. The van der Waals surface area contributed by atoms with E-state index in [2.05, 4.69) is 9.97 Å². The average molecular weight is 478 g/mol. The number of fused-ring (bicyclic) bond motifs is 1. The Labute approximate surface area is 198 Å². The van der Waals surface area contributed by atoms with Gasteiger partial charge in [-0.3, -0.25) is 14.5 Å². The van der Waals surface area contributed by atoms with Gasteiger partial charge in [0.05, 0.1) is 28.7 Å². The number of benzene rings is 3. The molecule has 4 aromatic rings. The first kappa shape index (κ1) is 21.7. The number of Topliss-reactive ketones (excluding diaryl/α,β-unsaturated/α-hetero) is 1. The third-order valence-electron chi connectivity index (χ3n) is 5.67. The van der Waals surface area contributed by atoms with Crippen molar-refractivity contribution in [2.24, 2.45) is 0 Å². The first-order valence-electron chi connectivity index (χ1n) is 10.2. The summed E-state index contributed by atoms with van der Waals surface area (Å²) < 4.78 is 20.2. The summed E-state index contributed by atoms with van der Waals surface area (Å²) in [5.41, 5.74) is 1.14. The molecule has 170 valence electrons. The molecule has 1 fully saturated rings. The summed E-state index contributed by atoms with van der Waals surface area (Å²) in [6.45, 7) is 0.